The molecule has 2 aromatic carbocycles. The third-order valence-electron chi connectivity index (χ3n) is 4.61. The maximum absolute atomic E-state index is 12.6. The molecule has 2 aromatic rings. The number of carbonyl (C=O) groups excluding carboxylic acids is 1. The second-order valence-corrected chi connectivity index (χ2v) is 6.96. The Hall–Kier alpha value is -1.55. The van der Waals surface area contributed by atoms with Crippen LogP contribution in [0.25, 0.3) is 0 Å². The van der Waals surface area contributed by atoms with Gasteiger partial charge in [0.25, 0.3) is 5.91 Å². The van der Waals surface area contributed by atoms with Crippen LogP contribution >= 0.6 is 23.2 Å². The molecule has 3 rings (SSSR count). The molecule has 24 heavy (non-hydrogen) atoms. The van der Waals surface area contributed by atoms with Gasteiger partial charge < -0.3 is 10.6 Å². The molecule has 1 saturated heterocycles. The molecular formula is C19H20Cl2N2O. The zero-order valence-electron chi connectivity index (χ0n) is 13.3. The molecular weight excluding hydrogens is 343 g/mol. The first-order valence-corrected chi connectivity index (χ1v) is 8.87. The number of benzene rings is 2. The normalized spacial score (nSPS) is 15.5. The van der Waals surface area contributed by atoms with Gasteiger partial charge in [0.15, 0.2) is 0 Å². The zero-order valence-corrected chi connectivity index (χ0v) is 14.9. The van der Waals surface area contributed by atoms with Crippen molar-refractivity contribution in [3.05, 3.63) is 69.2 Å². The van der Waals surface area contributed by atoms with Crippen LogP contribution in [-0.2, 0) is 6.54 Å². The third-order valence-corrected chi connectivity index (χ3v) is 5.35. The SMILES string of the molecule is NCc1cccc(C2CCN(C(=O)c3ccc(Cl)c(Cl)c3)CC2)c1. The molecule has 1 amide bonds. The van der Waals surface area contributed by atoms with Crippen LogP contribution < -0.4 is 5.73 Å². The topological polar surface area (TPSA) is 46.3 Å². The minimum atomic E-state index is 0.0164. The molecule has 1 fully saturated rings. The van der Waals surface area contributed by atoms with E-state index < -0.39 is 0 Å². The molecule has 0 spiro atoms. The number of nitrogens with two attached hydrogens (primary N) is 1. The number of halogens is 2. The molecule has 126 valence electrons. The van der Waals surface area contributed by atoms with Crippen molar-refractivity contribution in [2.75, 3.05) is 13.1 Å². The molecule has 0 aliphatic carbocycles. The maximum Gasteiger partial charge on any atom is 0.253 e. The Bertz CT molecular complexity index is 740. The fourth-order valence-corrected chi connectivity index (χ4v) is 3.50. The Balaban J connectivity index is 1.65. The highest BCUT2D eigenvalue weighted by atomic mass is 35.5. The molecule has 3 nitrogen and oxygen atoms in total. The van der Waals surface area contributed by atoms with Gasteiger partial charge >= 0.3 is 0 Å². The zero-order chi connectivity index (χ0) is 17.1. The van der Waals surface area contributed by atoms with Gasteiger partial charge in [0.05, 0.1) is 10.0 Å². The van der Waals surface area contributed by atoms with Crippen molar-refractivity contribution in [2.24, 2.45) is 5.73 Å². The molecule has 1 heterocycles. The van der Waals surface area contributed by atoms with Gasteiger partial charge in [0, 0.05) is 25.2 Å². The summed E-state index contributed by atoms with van der Waals surface area (Å²) in [6, 6.07) is 13.5. The molecule has 5 heteroatoms. The van der Waals surface area contributed by atoms with Gasteiger partial charge in [-0.3, -0.25) is 4.79 Å². The number of piperidine rings is 1. The second kappa shape index (κ2) is 7.56. The van der Waals surface area contributed by atoms with E-state index in [1.807, 2.05) is 11.0 Å². The van der Waals surface area contributed by atoms with Crippen LogP contribution in [0.15, 0.2) is 42.5 Å². The van der Waals surface area contributed by atoms with Crippen LogP contribution in [0.4, 0.5) is 0 Å². The molecule has 0 unspecified atom stereocenters. The highest BCUT2D eigenvalue weighted by Crippen LogP contribution is 2.30. The molecule has 1 aliphatic rings. The minimum Gasteiger partial charge on any atom is -0.339 e. The molecule has 0 aromatic heterocycles. The van der Waals surface area contributed by atoms with Crippen molar-refractivity contribution in [3.63, 3.8) is 0 Å². The monoisotopic (exact) mass is 362 g/mol. The first kappa shape index (κ1) is 17.3. The third kappa shape index (κ3) is 3.75. The smallest absolute Gasteiger partial charge is 0.253 e. The Morgan fingerprint density at radius 2 is 1.83 bits per heavy atom. The van der Waals surface area contributed by atoms with E-state index in [1.165, 1.54) is 5.56 Å². The average Bonchev–Trinajstić information content (AvgIpc) is 2.63. The van der Waals surface area contributed by atoms with E-state index in [-0.39, 0.29) is 5.91 Å². The van der Waals surface area contributed by atoms with E-state index in [4.69, 9.17) is 28.9 Å². The lowest BCUT2D eigenvalue weighted by Gasteiger charge is -2.32. The Morgan fingerprint density at radius 3 is 2.50 bits per heavy atom. The van der Waals surface area contributed by atoms with Gasteiger partial charge in [-0.05, 0) is 48.1 Å². The summed E-state index contributed by atoms with van der Waals surface area (Å²) < 4.78 is 0. The molecule has 0 saturated carbocycles. The lowest BCUT2D eigenvalue weighted by molar-refractivity contribution is 0.0713. The summed E-state index contributed by atoms with van der Waals surface area (Å²) in [5, 5.41) is 0.878. The number of likely N-dealkylation sites (tertiary alicyclic amines) is 1. The number of amides is 1. The first-order chi connectivity index (χ1) is 11.6. The van der Waals surface area contributed by atoms with E-state index in [2.05, 4.69) is 18.2 Å². The molecule has 0 radical (unpaired) electrons. The van der Waals surface area contributed by atoms with E-state index in [0.29, 0.717) is 28.1 Å². The average molecular weight is 363 g/mol. The number of rotatable bonds is 3. The minimum absolute atomic E-state index is 0.0164. The molecule has 1 aliphatic heterocycles. The van der Waals surface area contributed by atoms with E-state index >= 15 is 0 Å². The van der Waals surface area contributed by atoms with Crippen LogP contribution in [0.3, 0.4) is 0 Å². The van der Waals surface area contributed by atoms with Crippen molar-refractivity contribution < 1.29 is 4.79 Å². The Kier molecular flexibility index (Phi) is 5.44. The molecule has 0 atom stereocenters. The van der Waals surface area contributed by atoms with E-state index in [1.54, 1.807) is 18.2 Å². The quantitative estimate of drug-likeness (QED) is 0.875. The summed E-state index contributed by atoms with van der Waals surface area (Å²) in [7, 11) is 0. The second-order valence-electron chi connectivity index (χ2n) is 6.14. The number of hydrogen-bond acceptors (Lipinski definition) is 2. The van der Waals surface area contributed by atoms with Gasteiger partial charge in [-0.15, -0.1) is 0 Å². The summed E-state index contributed by atoms with van der Waals surface area (Å²) in [6.07, 6.45) is 1.92. The highest BCUT2D eigenvalue weighted by Gasteiger charge is 2.25. The fourth-order valence-electron chi connectivity index (χ4n) is 3.20. The van der Waals surface area contributed by atoms with Crippen molar-refractivity contribution in [1.82, 2.24) is 4.90 Å². The Morgan fingerprint density at radius 1 is 1.08 bits per heavy atom. The Labute approximate surface area is 152 Å². The lowest BCUT2D eigenvalue weighted by Crippen LogP contribution is -2.37. The van der Waals surface area contributed by atoms with E-state index in [9.17, 15) is 4.79 Å². The lowest BCUT2D eigenvalue weighted by atomic mass is 9.88. The van der Waals surface area contributed by atoms with Crippen molar-refractivity contribution in [1.29, 1.82) is 0 Å². The summed E-state index contributed by atoms with van der Waals surface area (Å²) in [4.78, 5) is 14.5. The standard InChI is InChI=1S/C19H20Cl2N2O/c20-17-5-4-16(11-18(17)21)19(24)23-8-6-14(7-9-23)15-3-1-2-13(10-15)12-22/h1-5,10-11,14H,6-9,12,22H2. The number of carbonyl (C=O) groups is 1. The summed E-state index contributed by atoms with van der Waals surface area (Å²) in [5.74, 6) is 0.497. The predicted molar refractivity (Wildman–Crippen MR) is 98.7 cm³/mol. The fraction of sp³-hybridized carbons (Fsp3) is 0.316. The van der Waals surface area contributed by atoms with Crippen LogP contribution in [0.5, 0.6) is 0 Å². The van der Waals surface area contributed by atoms with Gasteiger partial charge in [0.2, 0.25) is 0 Å². The van der Waals surface area contributed by atoms with Crippen molar-refractivity contribution in [3.8, 4) is 0 Å². The summed E-state index contributed by atoms with van der Waals surface area (Å²) in [5.41, 5.74) is 8.79. The molecule has 2 N–H and O–H groups in total. The first-order valence-electron chi connectivity index (χ1n) is 8.11. The van der Waals surface area contributed by atoms with Crippen molar-refractivity contribution in [2.45, 2.75) is 25.3 Å². The number of nitrogens with zero attached hydrogens (tertiary/aromatic N) is 1. The highest BCUT2D eigenvalue weighted by molar-refractivity contribution is 6.42. The van der Waals surface area contributed by atoms with Crippen LogP contribution in [0.1, 0.15) is 40.2 Å². The van der Waals surface area contributed by atoms with Gasteiger partial charge in [-0.1, -0.05) is 47.5 Å². The van der Waals surface area contributed by atoms with Crippen molar-refractivity contribution >= 4 is 29.1 Å². The van der Waals surface area contributed by atoms with Gasteiger partial charge in [0.1, 0.15) is 0 Å². The summed E-state index contributed by atoms with van der Waals surface area (Å²) in [6.45, 7) is 2.05. The molecule has 0 bridgehead atoms. The van der Waals surface area contributed by atoms with E-state index in [0.717, 1.165) is 31.5 Å². The van der Waals surface area contributed by atoms with Crippen LogP contribution in [0.2, 0.25) is 10.0 Å². The predicted octanol–water partition coefficient (Wildman–Crippen LogP) is 4.47. The van der Waals surface area contributed by atoms with Gasteiger partial charge in [-0.25, -0.2) is 0 Å². The maximum atomic E-state index is 12.6. The number of hydrogen-bond donors (Lipinski definition) is 1. The van der Waals surface area contributed by atoms with Crippen LogP contribution in [-0.4, -0.2) is 23.9 Å². The van der Waals surface area contributed by atoms with Gasteiger partial charge in [-0.2, -0.15) is 0 Å². The largest absolute Gasteiger partial charge is 0.339 e. The summed E-state index contributed by atoms with van der Waals surface area (Å²) >= 11 is 11.9. The van der Waals surface area contributed by atoms with Crippen LogP contribution in [0, 0.1) is 0 Å².